The molecule has 9 nitrogen and oxygen atoms in total. The molecule has 0 aliphatic carbocycles. The Labute approximate surface area is 297 Å². The van der Waals surface area contributed by atoms with Gasteiger partial charge in [-0.2, -0.15) is 4.31 Å². The molecule has 1 heterocycles. The number of allylic oxidation sites excluding steroid dienone is 4. The van der Waals surface area contributed by atoms with Crippen molar-refractivity contribution in [1.29, 1.82) is 0 Å². The van der Waals surface area contributed by atoms with Gasteiger partial charge >= 0.3 is 6.09 Å². The Balaban J connectivity index is 1.69. The van der Waals surface area contributed by atoms with Crippen LogP contribution in [0.25, 0.3) is 0 Å². The zero-order chi connectivity index (χ0) is 36.4. The van der Waals surface area contributed by atoms with Gasteiger partial charge in [0.25, 0.3) is 0 Å². The Morgan fingerprint density at radius 1 is 1.12 bits per heavy atom. The second-order valence-corrected chi connectivity index (χ2v) is 14.1. The molecule has 0 aromatic heterocycles. The van der Waals surface area contributed by atoms with E-state index in [0.29, 0.717) is 23.7 Å². The number of anilines is 1. The molecule has 1 aliphatic heterocycles. The van der Waals surface area contributed by atoms with E-state index in [1.54, 1.807) is 54.6 Å². The number of methoxy groups -OCH3 is 1. The number of amides is 2. The standard InChI is InChI=1S/C37H41ClF2N4O5S/c1-5-25(21-28(39)6-2)34(26-12-10-13-27(38)20-26)35(43-37(46)49-4)36(45)42-33-17-11-16-32(40)31(33)19-18-29-23-41-22-24(3)44(29)50(47,48)30-14-8-7-9-15-30/h5-17,20-21,24,29,34-35,41H,1,18-19,22-23H2,2-4H3,(H,42,45)(H,43,46)/b25-21+,28-6+/t24-,29-,34+,35-/m0/s1. The number of nitrogens with one attached hydrogen (secondary N) is 3. The normalized spacial score (nSPS) is 18.5. The summed E-state index contributed by atoms with van der Waals surface area (Å²) in [7, 11) is -2.73. The molecule has 266 valence electrons. The second kappa shape index (κ2) is 17.5. The lowest BCUT2D eigenvalue weighted by Gasteiger charge is -2.40. The van der Waals surface area contributed by atoms with Crippen LogP contribution in [0.15, 0.2) is 114 Å². The Morgan fingerprint density at radius 3 is 2.50 bits per heavy atom. The number of piperazine rings is 1. The van der Waals surface area contributed by atoms with Crippen LogP contribution in [0.3, 0.4) is 0 Å². The first-order chi connectivity index (χ1) is 23.9. The SMILES string of the molecule is C=C/C(=C\C(F)=C/C)[C@H](c1cccc(Cl)c1)[C@H](NC(=O)OC)C(=O)Nc1cccc(F)c1CC[C@H]1CNC[C@H](C)N1S(=O)(=O)c1ccccc1. The zero-order valence-corrected chi connectivity index (χ0v) is 29.6. The van der Waals surface area contributed by atoms with E-state index in [0.717, 1.165) is 7.11 Å². The largest absolute Gasteiger partial charge is 0.453 e. The first-order valence-corrected chi connectivity index (χ1v) is 17.9. The van der Waals surface area contributed by atoms with Crippen LogP contribution >= 0.6 is 11.6 Å². The molecule has 0 radical (unpaired) electrons. The van der Waals surface area contributed by atoms with Crippen LogP contribution in [0.4, 0.5) is 19.3 Å². The number of benzene rings is 3. The summed E-state index contributed by atoms with van der Waals surface area (Å²) in [5.41, 5.74) is 0.973. The van der Waals surface area contributed by atoms with Crippen LogP contribution < -0.4 is 16.0 Å². The maximum Gasteiger partial charge on any atom is 0.407 e. The van der Waals surface area contributed by atoms with Gasteiger partial charge in [0.05, 0.1) is 12.0 Å². The summed E-state index contributed by atoms with van der Waals surface area (Å²) >= 11 is 6.31. The summed E-state index contributed by atoms with van der Waals surface area (Å²) < 4.78 is 63.9. The maximum atomic E-state index is 15.6. The molecular formula is C37H41ClF2N4O5S. The van der Waals surface area contributed by atoms with E-state index in [2.05, 4.69) is 22.5 Å². The number of hydrogen-bond acceptors (Lipinski definition) is 6. The number of sulfonamides is 1. The number of ether oxygens (including phenoxy) is 1. The van der Waals surface area contributed by atoms with Crippen molar-refractivity contribution >= 4 is 39.3 Å². The van der Waals surface area contributed by atoms with E-state index in [4.69, 9.17) is 16.3 Å². The number of rotatable bonds is 13. The average Bonchev–Trinajstić information content (AvgIpc) is 3.10. The van der Waals surface area contributed by atoms with Gasteiger partial charge in [0.1, 0.15) is 17.7 Å². The molecule has 3 aromatic rings. The monoisotopic (exact) mass is 726 g/mol. The summed E-state index contributed by atoms with van der Waals surface area (Å²) in [6, 6.07) is 16.6. The Kier molecular flexibility index (Phi) is 13.5. The molecule has 1 aliphatic rings. The van der Waals surface area contributed by atoms with Gasteiger partial charge in [0, 0.05) is 47.4 Å². The molecule has 50 heavy (non-hydrogen) atoms. The number of alkyl carbamates (subject to hydrolysis) is 1. The highest BCUT2D eigenvalue weighted by atomic mass is 35.5. The minimum absolute atomic E-state index is 0.0687. The van der Waals surface area contributed by atoms with Crippen molar-refractivity contribution < 1.29 is 31.5 Å². The fourth-order valence-corrected chi connectivity index (χ4v) is 8.17. The maximum absolute atomic E-state index is 15.6. The number of hydrogen-bond donors (Lipinski definition) is 3. The van der Waals surface area contributed by atoms with E-state index in [1.165, 1.54) is 47.7 Å². The fraction of sp³-hybridized carbons (Fsp3) is 0.297. The van der Waals surface area contributed by atoms with Crippen molar-refractivity contribution in [3.63, 3.8) is 0 Å². The molecule has 4 atom stereocenters. The minimum Gasteiger partial charge on any atom is -0.453 e. The highest BCUT2D eigenvalue weighted by Gasteiger charge is 2.38. The van der Waals surface area contributed by atoms with Gasteiger partial charge < -0.3 is 20.7 Å². The number of carbonyl (C=O) groups excluding carboxylic acids is 2. The van der Waals surface area contributed by atoms with Gasteiger partial charge in [-0.05, 0) is 80.3 Å². The molecular weight excluding hydrogens is 686 g/mol. The van der Waals surface area contributed by atoms with Crippen molar-refractivity contribution in [1.82, 2.24) is 14.9 Å². The zero-order valence-electron chi connectivity index (χ0n) is 28.0. The first kappa shape index (κ1) is 38.4. The predicted octanol–water partition coefficient (Wildman–Crippen LogP) is 6.90. The van der Waals surface area contributed by atoms with E-state index in [1.807, 2.05) is 6.92 Å². The molecule has 0 saturated carbocycles. The predicted molar refractivity (Wildman–Crippen MR) is 192 cm³/mol. The van der Waals surface area contributed by atoms with Crippen LogP contribution in [-0.2, 0) is 26.0 Å². The lowest BCUT2D eigenvalue weighted by molar-refractivity contribution is -0.118. The lowest BCUT2D eigenvalue weighted by Crippen LogP contribution is -2.58. The van der Waals surface area contributed by atoms with Crippen molar-refractivity contribution in [2.75, 3.05) is 25.5 Å². The summed E-state index contributed by atoms with van der Waals surface area (Å²) in [6.07, 6.45) is 3.16. The third-order valence-corrected chi connectivity index (χ3v) is 10.8. The Bertz CT molecular complexity index is 1860. The average molecular weight is 727 g/mol. The van der Waals surface area contributed by atoms with E-state index < -0.39 is 51.7 Å². The summed E-state index contributed by atoms with van der Waals surface area (Å²) in [5, 5.41) is 8.91. The lowest BCUT2D eigenvalue weighted by atomic mass is 9.83. The molecule has 4 rings (SSSR count). The summed E-state index contributed by atoms with van der Waals surface area (Å²) in [5.74, 6) is -2.99. The van der Waals surface area contributed by atoms with Crippen LogP contribution in [0.5, 0.6) is 0 Å². The van der Waals surface area contributed by atoms with Crippen molar-refractivity contribution in [3.05, 3.63) is 131 Å². The topological polar surface area (TPSA) is 117 Å². The summed E-state index contributed by atoms with van der Waals surface area (Å²) in [4.78, 5) is 27.0. The Hall–Kier alpha value is -4.36. The van der Waals surface area contributed by atoms with Gasteiger partial charge in [-0.1, -0.05) is 66.7 Å². The number of nitrogens with zero attached hydrogens (tertiary/aromatic N) is 1. The van der Waals surface area contributed by atoms with Crippen LogP contribution in [0.2, 0.25) is 5.02 Å². The van der Waals surface area contributed by atoms with Crippen molar-refractivity contribution in [2.45, 2.75) is 55.6 Å². The van der Waals surface area contributed by atoms with Crippen LogP contribution in [0.1, 0.15) is 37.3 Å². The third-order valence-electron chi connectivity index (χ3n) is 8.49. The Morgan fingerprint density at radius 2 is 1.84 bits per heavy atom. The molecule has 0 unspecified atom stereocenters. The minimum atomic E-state index is -3.87. The van der Waals surface area contributed by atoms with Gasteiger partial charge in [0.15, 0.2) is 0 Å². The van der Waals surface area contributed by atoms with Gasteiger partial charge in [-0.3, -0.25) is 4.79 Å². The van der Waals surface area contributed by atoms with Crippen molar-refractivity contribution in [2.24, 2.45) is 0 Å². The van der Waals surface area contributed by atoms with E-state index in [9.17, 15) is 22.4 Å². The van der Waals surface area contributed by atoms with Crippen LogP contribution in [-0.4, -0.2) is 63.0 Å². The first-order valence-electron chi connectivity index (χ1n) is 16.0. The highest BCUT2D eigenvalue weighted by Crippen LogP contribution is 2.34. The van der Waals surface area contributed by atoms with Gasteiger partial charge in [-0.25, -0.2) is 22.0 Å². The molecule has 3 aromatic carbocycles. The quantitative estimate of drug-likeness (QED) is 0.165. The molecule has 0 bridgehead atoms. The number of carbonyl (C=O) groups is 2. The molecule has 1 saturated heterocycles. The van der Waals surface area contributed by atoms with E-state index in [-0.39, 0.29) is 40.6 Å². The highest BCUT2D eigenvalue weighted by molar-refractivity contribution is 7.89. The fourth-order valence-electron chi connectivity index (χ4n) is 6.11. The molecule has 3 N–H and O–H groups in total. The molecule has 0 spiro atoms. The molecule has 13 heteroatoms. The third kappa shape index (κ3) is 9.25. The van der Waals surface area contributed by atoms with E-state index >= 15 is 4.39 Å². The van der Waals surface area contributed by atoms with Crippen molar-refractivity contribution in [3.8, 4) is 0 Å². The molecule has 2 amide bonds. The summed E-state index contributed by atoms with van der Waals surface area (Å²) in [6.45, 7) is 7.92. The number of halogens is 3. The van der Waals surface area contributed by atoms with Gasteiger partial charge in [0.2, 0.25) is 15.9 Å². The molecule has 1 fully saturated rings. The van der Waals surface area contributed by atoms with Gasteiger partial charge in [-0.15, -0.1) is 0 Å². The van der Waals surface area contributed by atoms with Crippen LogP contribution in [0, 0.1) is 5.82 Å². The smallest absolute Gasteiger partial charge is 0.407 e. The second-order valence-electron chi connectivity index (χ2n) is 11.8.